The summed E-state index contributed by atoms with van der Waals surface area (Å²) in [6, 6.07) is -2.50. The number of aliphatic carboxylic acids is 1. The molecule has 0 aromatic carbocycles. The van der Waals surface area contributed by atoms with Crippen LogP contribution in [0, 0.1) is 0 Å². The average Bonchev–Trinajstić information content (AvgIpc) is 2.64. The van der Waals surface area contributed by atoms with Gasteiger partial charge in [0, 0.05) is 7.11 Å². The maximum Gasteiger partial charge on any atom is 0.305 e. The lowest BCUT2D eigenvalue weighted by atomic mass is 10.2. The van der Waals surface area contributed by atoms with E-state index in [2.05, 4.69) is 16.0 Å². The predicted octanol–water partition coefficient (Wildman–Crippen LogP) is -3.27. The zero-order valence-electron chi connectivity index (χ0n) is 16.4. The largest absolute Gasteiger partial charge is 0.481 e. The van der Waals surface area contributed by atoms with E-state index < -0.39 is 54.6 Å². The van der Waals surface area contributed by atoms with Crippen LogP contribution in [-0.4, -0.2) is 93.5 Å². The predicted molar refractivity (Wildman–Crippen MR) is 97.5 cm³/mol. The third-order valence-corrected chi connectivity index (χ3v) is 3.29. The Morgan fingerprint density at radius 3 is 2.17 bits per heavy atom. The van der Waals surface area contributed by atoms with E-state index in [1.54, 1.807) is 7.11 Å². The molecule has 2 atom stereocenters. The summed E-state index contributed by atoms with van der Waals surface area (Å²) < 4.78 is 15.0. The van der Waals surface area contributed by atoms with Crippen LogP contribution in [0.1, 0.15) is 13.3 Å². The van der Waals surface area contributed by atoms with Crippen LogP contribution in [0.25, 0.3) is 0 Å². The topological polar surface area (TPSA) is 195 Å². The molecule has 0 saturated carbocycles. The summed E-state index contributed by atoms with van der Waals surface area (Å²) in [5.74, 6) is -4.35. The number of hydrogen-bond acceptors (Lipinski definition) is 8. The second-order valence-corrected chi connectivity index (χ2v) is 5.79. The molecule has 0 aliphatic heterocycles. The summed E-state index contributed by atoms with van der Waals surface area (Å²) in [5, 5.41) is 15.4. The van der Waals surface area contributed by atoms with E-state index in [9.17, 15) is 24.0 Å². The number of carboxylic acid groups (broad SMARTS) is 1. The van der Waals surface area contributed by atoms with Crippen molar-refractivity contribution in [2.45, 2.75) is 25.4 Å². The normalized spacial score (nSPS) is 12.5. The van der Waals surface area contributed by atoms with Gasteiger partial charge < -0.3 is 41.0 Å². The lowest BCUT2D eigenvalue weighted by Gasteiger charge is -2.18. The van der Waals surface area contributed by atoms with Gasteiger partial charge in [0.05, 0.1) is 39.4 Å². The lowest BCUT2D eigenvalue weighted by Crippen LogP contribution is -2.53. The van der Waals surface area contributed by atoms with Crippen molar-refractivity contribution in [1.29, 1.82) is 0 Å². The molecule has 0 spiro atoms. The van der Waals surface area contributed by atoms with E-state index in [0.717, 1.165) is 0 Å². The molecule has 0 rings (SSSR count). The van der Waals surface area contributed by atoms with Crippen LogP contribution in [0.15, 0.2) is 0 Å². The fraction of sp³-hybridized carbons (Fsp3) is 0.688. The van der Waals surface area contributed by atoms with Crippen molar-refractivity contribution >= 4 is 29.6 Å². The molecule has 0 radical (unpaired) electrons. The molecule has 0 heterocycles. The fourth-order valence-electron chi connectivity index (χ4n) is 1.81. The van der Waals surface area contributed by atoms with Gasteiger partial charge in [-0.1, -0.05) is 0 Å². The van der Waals surface area contributed by atoms with E-state index in [0.29, 0.717) is 13.2 Å². The Morgan fingerprint density at radius 2 is 1.59 bits per heavy atom. The van der Waals surface area contributed by atoms with Crippen LogP contribution in [0.4, 0.5) is 0 Å². The first kappa shape index (κ1) is 26.2. The maximum atomic E-state index is 11.9. The zero-order valence-corrected chi connectivity index (χ0v) is 16.4. The summed E-state index contributed by atoms with van der Waals surface area (Å²) in [6.07, 6.45) is -0.685. The molecular formula is C16H28N4O9. The summed E-state index contributed by atoms with van der Waals surface area (Å²) in [6.45, 7) is 1.99. The Labute approximate surface area is 167 Å². The number of rotatable bonds is 16. The Balaban J connectivity index is 4.07. The number of carbonyl (C=O) groups is 5. The molecule has 4 amide bonds. The Hall–Kier alpha value is -2.77. The molecule has 0 saturated heterocycles. The van der Waals surface area contributed by atoms with Gasteiger partial charge in [-0.15, -0.1) is 0 Å². The Morgan fingerprint density at radius 1 is 0.966 bits per heavy atom. The highest BCUT2D eigenvalue weighted by atomic mass is 16.5. The van der Waals surface area contributed by atoms with Crippen LogP contribution < -0.4 is 21.7 Å². The summed E-state index contributed by atoms with van der Waals surface area (Å²) in [5.41, 5.74) is 5.02. The minimum Gasteiger partial charge on any atom is -0.481 e. The second-order valence-electron chi connectivity index (χ2n) is 5.79. The first-order valence-corrected chi connectivity index (χ1v) is 8.69. The molecular weight excluding hydrogens is 392 g/mol. The molecule has 13 nitrogen and oxygen atoms in total. The minimum atomic E-state index is -1.41. The quantitative estimate of drug-likeness (QED) is 0.159. The van der Waals surface area contributed by atoms with Gasteiger partial charge in [-0.05, 0) is 6.92 Å². The highest BCUT2D eigenvalue weighted by Gasteiger charge is 2.24. The summed E-state index contributed by atoms with van der Waals surface area (Å²) in [4.78, 5) is 57.1. The lowest BCUT2D eigenvalue weighted by molar-refractivity contribution is -0.140. The molecule has 29 heavy (non-hydrogen) atoms. The van der Waals surface area contributed by atoms with E-state index >= 15 is 0 Å². The maximum absolute atomic E-state index is 11.9. The number of carboxylic acids is 1. The van der Waals surface area contributed by atoms with Gasteiger partial charge in [0.1, 0.15) is 18.7 Å². The summed E-state index contributed by atoms with van der Waals surface area (Å²) in [7, 11) is 1.55. The second kappa shape index (κ2) is 15.2. The van der Waals surface area contributed by atoms with Crippen molar-refractivity contribution in [3.63, 3.8) is 0 Å². The van der Waals surface area contributed by atoms with E-state index in [1.807, 2.05) is 0 Å². The van der Waals surface area contributed by atoms with Crippen LogP contribution in [0.2, 0.25) is 0 Å². The number of carbonyl (C=O) groups excluding carboxylic acids is 4. The van der Waals surface area contributed by atoms with Gasteiger partial charge in [0.25, 0.3) is 0 Å². The van der Waals surface area contributed by atoms with Gasteiger partial charge >= 0.3 is 5.97 Å². The number of hydrogen-bond donors (Lipinski definition) is 5. The highest BCUT2D eigenvalue weighted by molar-refractivity contribution is 5.93. The summed E-state index contributed by atoms with van der Waals surface area (Å²) >= 11 is 0. The average molecular weight is 420 g/mol. The van der Waals surface area contributed by atoms with Crippen LogP contribution in [0.5, 0.6) is 0 Å². The smallest absolute Gasteiger partial charge is 0.305 e. The molecule has 0 aromatic rings. The Bertz CT molecular complexity index is 571. The number of methoxy groups -OCH3 is 1. The van der Waals surface area contributed by atoms with Gasteiger partial charge in [0.15, 0.2) is 0 Å². The van der Waals surface area contributed by atoms with Crippen molar-refractivity contribution in [3.05, 3.63) is 0 Å². The molecule has 166 valence electrons. The minimum absolute atomic E-state index is 0.192. The van der Waals surface area contributed by atoms with Crippen LogP contribution >= 0.6 is 0 Å². The molecule has 0 aliphatic carbocycles. The standard InChI is InChI=1S/C16H28N4O9/c1-10(16(26)20-11(15(17)25)7-14(23)24)19-12(21)8-18-13(22)9-29-6-5-28-4-3-27-2/h10-11H,3-9H2,1-2H3,(H2,17,25)(H,18,22)(H,19,21)(H,20,26)(H,23,24). The van der Waals surface area contributed by atoms with E-state index in [1.165, 1.54) is 6.92 Å². The fourth-order valence-corrected chi connectivity index (χ4v) is 1.81. The molecule has 13 heteroatoms. The molecule has 0 bridgehead atoms. The van der Waals surface area contributed by atoms with Gasteiger partial charge in [-0.3, -0.25) is 24.0 Å². The van der Waals surface area contributed by atoms with E-state index in [4.69, 9.17) is 25.1 Å². The van der Waals surface area contributed by atoms with Crippen molar-refractivity contribution in [2.75, 3.05) is 46.7 Å². The highest BCUT2D eigenvalue weighted by Crippen LogP contribution is 1.93. The van der Waals surface area contributed by atoms with Crippen molar-refractivity contribution in [2.24, 2.45) is 5.73 Å². The van der Waals surface area contributed by atoms with Gasteiger partial charge in [0.2, 0.25) is 23.6 Å². The number of nitrogens with two attached hydrogens (primary N) is 1. The third-order valence-electron chi connectivity index (χ3n) is 3.29. The number of primary amides is 1. The van der Waals surface area contributed by atoms with Crippen molar-refractivity contribution in [1.82, 2.24) is 16.0 Å². The molecule has 6 N–H and O–H groups in total. The molecule has 0 fully saturated rings. The van der Waals surface area contributed by atoms with E-state index in [-0.39, 0.29) is 19.8 Å². The van der Waals surface area contributed by atoms with Crippen LogP contribution in [-0.2, 0) is 38.2 Å². The molecule has 0 aromatic heterocycles. The SMILES string of the molecule is COCCOCCOCC(=O)NCC(=O)NC(C)C(=O)NC(CC(=O)O)C(N)=O. The zero-order chi connectivity index (χ0) is 22.2. The number of ether oxygens (including phenoxy) is 3. The Kier molecular flexibility index (Phi) is 13.7. The first-order chi connectivity index (χ1) is 13.7. The third kappa shape index (κ3) is 14.0. The van der Waals surface area contributed by atoms with Crippen molar-refractivity contribution in [3.8, 4) is 0 Å². The van der Waals surface area contributed by atoms with Crippen LogP contribution in [0.3, 0.4) is 0 Å². The van der Waals surface area contributed by atoms with Gasteiger partial charge in [-0.25, -0.2) is 0 Å². The number of nitrogens with one attached hydrogen (secondary N) is 3. The molecule has 2 unspecified atom stereocenters. The first-order valence-electron chi connectivity index (χ1n) is 8.69. The van der Waals surface area contributed by atoms with Crippen molar-refractivity contribution < 1.29 is 43.3 Å². The monoisotopic (exact) mass is 420 g/mol. The number of amides is 4. The molecule has 0 aliphatic rings. The van der Waals surface area contributed by atoms with Gasteiger partial charge in [-0.2, -0.15) is 0 Å².